The second-order valence-electron chi connectivity index (χ2n) is 4.43. The molecule has 0 radical (unpaired) electrons. The molecule has 7 nitrogen and oxygen atoms in total. The molecule has 1 heterocycles. The maximum Gasteiger partial charge on any atom is 0.338 e. The number of aromatic carboxylic acids is 1. The molecule has 0 aromatic carbocycles. The predicted octanol–water partition coefficient (Wildman–Crippen LogP) is 1.36. The van der Waals surface area contributed by atoms with Gasteiger partial charge in [-0.25, -0.2) is 4.79 Å². The molecule has 1 rings (SSSR count). The van der Waals surface area contributed by atoms with Crippen LogP contribution in [0.15, 0.2) is 16.7 Å². The monoisotopic (exact) mass is 296 g/mol. The largest absolute Gasteiger partial charge is 0.478 e. The molecule has 0 atom stereocenters. The molecule has 7 heteroatoms. The first kappa shape index (κ1) is 16.7. The summed E-state index contributed by atoms with van der Waals surface area (Å²) in [6, 6.07) is 1.17. The summed E-state index contributed by atoms with van der Waals surface area (Å²) in [4.78, 5) is 35.8. The molecular weight excluding hydrogens is 276 g/mol. The third-order valence-electron chi connectivity index (χ3n) is 3.04. The fourth-order valence-corrected chi connectivity index (χ4v) is 1.83. The summed E-state index contributed by atoms with van der Waals surface area (Å²) < 4.78 is 4.87. The topological polar surface area (TPSA) is 99.9 Å². The van der Waals surface area contributed by atoms with Gasteiger partial charge in [0.25, 0.3) is 5.91 Å². The Labute approximate surface area is 122 Å². The van der Waals surface area contributed by atoms with Crippen molar-refractivity contribution in [3.63, 3.8) is 0 Å². The Bertz CT molecular complexity index is 505. The van der Waals surface area contributed by atoms with E-state index in [2.05, 4.69) is 5.32 Å². The van der Waals surface area contributed by atoms with E-state index in [1.54, 1.807) is 4.90 Å². The van der Waals surface area contributed by atoms with E-state index in [9.17, 15) is 14.4 Å². The van der Waals surface area contributed by atoms with Crippen LogP contribution in [0.5, 0.6) is 0 Å². The van der Waals surface area contributed by atoms with E-state index in [0.717, 1.165) is 6.26 Å². The minimum atomic E-state index is -1.15. The van der Waals surface area contributed by atoms with Crippen molar-refractivity contribution in [1.82, 2.24) is 10.2 Å². The highest BCUT2D eigenvalue weighted by Crippen LogP contribution is 2.07. The number of carboxylic acids is 1. The fourth-order valence-electron chi connectivity index (χ4n) is 1.83. The molecule has 2 amide bonds. The van der Waals surface area contributed by atoms with Crippen molar-refractivity contribution in [2.24, 2.45) is 0 Å². The summed E-state index contributed by atoms with van der Waals surface area (Å²) in [5.41, 5.74) is -0.0724. The first-order valence-electron chi connectivity index (χ1n) is 6.87. The van der Waals surface area contributed by atoms with Gasteiger partial charge in [0.2, 0.25) is 5.91 Å². The molecular formula is C14H20N2O5. The fraction of sp³-hybridized carbons (Fsp3) is 0.500. The zero-order valence-electron chi connectivity index (χ0n) is 12.2. The maximum absolute atomic E-state index is 11.7. The molecule has 116 valence electrons. The Kier molecular flexibility index (Phi) is 6.45. The quantitative estimate of drug-likeness (QED) is 0.705. The van der Waals surface area contributed by atoms with Crippen molar-refractivity contribution in [2.75, 3.05) is 19.6 Å². The Morgan fingerprint density at radius 3 is 2.48 bits per heavy atom. The molecule has 0 fully saturated rings. The van der Waals surface area contributed by atoms with Crippen LogP contribution in [0.4, 0.5) is 0 Å². The van der Waals surface area contributed by atoms with Crippen molar-refractivity contribution in [2.45, 2.75) is 26.7 Å². The highest BCUT2D eigenvalue weighted by Gasteiger charge is 2.14. The number of carbonyl (C=O) groups excluding carboxylic acids is 2. The van der Waals surface area contributed by atoms with Crippen LogP contribution in [0.3, 0.4) is 0 Å². The molecule has 0 saturated heterocycles. The van der Waals surface area contributed by atoms with E-state index in [1.807, 2.05) is 13.8 Å². The lowest BCUT2D eigenvalue weighted by molar-refractivity contribution is -0.130. The minimum absolute atomic E-state index is 0.0533. The number of carbonyl (C=O) groups is 3. The third-order valence-corrected chi connectivity index (χ3v) is 3.04. The van der Waals surface area contributed by atoms with Crippen LogP contribution in [-0.2, 0) is 4.79 Å². The number of carboxylic acid groups (broad SMARTS) is 1. The lowest BCUT2D eigenvalue weighted by Gasteiger charge is -2.18. The summed E-state index contributed by atoms with van der Waals surface area (Å²) in [7, 11) is 0. The zero-order valence-corrected chi connectivity index (χ0v) is 12.2. The van der Waals surface area contributed by atoms with Gasteiger partial charge in [0.1, 0.15) is 6.26 Å². The van der Waals surface area contributed by atoms with Gasteiger partial charge in [0, 0.05) is 32.1 Å². The number of rotatable bonds is 8. The van der Waals surface area contributed by atoms with Crippen LogP contribution in [0.25, 0.3) is 0 Å². The van der Waals surface area contributed by atoms with E-state index in [4.69, 9.17) is 9.52 Å². The highest BCUT2D eigenvalue weighted by atomic mass is 16.4. The smallest absolute Gasteiger partial charge is 0.338 e. The molecule has 1 aromatic rings. The van der Waals surface area contributed by atoms with Crippen LogP contribution in [-0.4, -0.2) is 47.4 Å². The molecule has 0 bridgehead atoms. The summed E-state index contributed by atoms with van der Waals surface area (Å²) >= 11 is 0. The minimum Gasteiger partial charge on any atom is -0.478 e. The lowest BCUT2D eigenvalue weighted by atomic mass is 10.2. The number of nitrogens with one attached hydrogen (secondary N) is 1. The Morgan fingerprint density at radius 1 is 1.29 bits per heavy atom. The molecule has 1 aromatic heterocycles. The SMILES string of the molecule is CCN(CC)C(=O)CCCNC(=O)c1cc(C(=O)O)co1. The summed E-state index contributed by atoms with van der Waals surface area (Å²) in [6.45, 7) is 5.51. The predicted molar refractivity (Wildman–Crippen MR) is 75.2 cm³/mol. The van der Waals surface area contributed by atoms with Crippen LogP contribution in [0.1, 0.15) is 47.6 Å². The van der Waals surface area contributed by atoms with E-state index in [-0.39, 0.29) is 17.2 Å². The Morgan fingerprint density at radius 2 is 1.95 bits per heavy atom. The van der Waals surface area contributed by atoms with E-state index in [0.29, 0.717) is 32.5 Å². The first-order valence-corrected chi connectivity index (χ1v) is 6.87. The number of amides is 2. The van der Waals surface area contributed by atoms with Gasteiger partial charge in [-0.15, -0.1) is 0 Å². The molecule has 0 aliphatic carbocycles. The Hall–Kier alpha value is -2.31. The molecule has 0 saturated carbocycles. The van der Waals surface area contributed by atoms with E-state index in [1.165, 1.54) is 6.07 Å². The average Bonchev–Trinajstić information content (AvgIpc) is 2.94. The van der Waals surface area contributed by atoms with Crippen molar-refractivity contribution in [3.05, 3.63) is 23.7 Å². The van der Waals surface area contributed by atoms with Gasteiger partial charge < -0.3 is 19.7 Å². The van der Waals surface area contributed by atoms with Crippen LogP contribution in [0, 0.1) is 0 Å². The number of furan rings is 1. The number of hydrogen-bond acceptors (Lipinski definition) is 4. The van der Waals surface area contributed by atoms with Crippen LogP contribution >= 0.6 is 0 Å². The number of hydrogen-bond donors (Lipinski definition) is 2. The lowest BCUT2D eigenvalue weighted by Crippen LogP contribution is -2.31. The summed E-state index contributed by atoms with van der Waals surface area (Å²) in [5, 5.41) is 11.3. The van der Waals surface area contributed by atoms with Crippen molar-refractivity contribution in [1.29, 1.82) is 0 Å². The van der Waals surface area contributed by atoms with Gasteiger partial charge in [-0.3, -0.25) is 9.59 Å². The van der Waals surface area contributed by atoms with Crippen molar-refractivity contribution >= 4 is 17.8 Å². The second-order valence-corrected chi connectivity index (χ2v) is 4.43. The first-order chi connectivity index (χ1) is 9.99. The van der Waals surface area contributed by atoms with Gasteiger partial charge >= 0.3 is 5.97 Å². The van der Waals surface area contributed by atoms with Gasteiger partial charge in [-0.05, 0) is 20.3 Å². The molecule has 0 aliphatic rings. The van der Waals surface area contributed by atoms with Crippen molar-refractivity contribution < 1.29 is 23.9 Å². The van der Waals surface area contributed by atoms with E-state index >= 15 is 0 Å². The zero-order chi connectivity index (χ0) is 15.8. The maximum atomic E-state index is 11.7. The van der Waals surface area contributed by atoms with Crippen molar-refractivity contribution in [3.8, 4) is 0 Å². The van der Waals surface area contributed by atoms with Gasteiger partial charge in [-0.2, -0.15) is 0 Å². The molecule has 0 unspecified atom stereocenters. The summed E-state index contributed by atoms with van der Waals surface area (Å²) in [5.74, 6) is -1.64. The Balaban J connectivity index is 2.33. The highest BCUT2D eigenvalue weighted by molar-refractivity contribution is 5.95. The summed E-state index contributed by atoms with van der Waals surface area (Å²) in [6.07, 6.45) is 1.90. The molecule has 21 heavy (non-hydrogen) atoms. The van der Waals surface area contributed by atoms with Gasteiger partial charge in [0.05, 0.1) is 5.56 Å². The second kappa shape index (κ2) is 8.08. The average molecular weight is 296 g/mol. The van der Waals surface area contributed by atoms with Gasteiger partial charge in [0.15, 0.2) is 5.76 Å². The van der Waals surface area contributed by atoms with Crippen LogP contribution < -0.4 is 5.32 Å². The number of nitrogens with zero attached hydrogens (tertiary/aromatic N) is 1. The standard InChI is InChI=1S/C14H20N2O5/c1-3-16(4-2)12(17)6-5-7-15-13(18)11-8-10(9-21-11)14(19)20/h8-9H,3-7H2,1-2H3,(H,15,18)(H,19,20). The van der Waals surface area contributed by atoms with Crippen LogP contribution in [0.2, 0.25) is 0 Å². The van der Waals surface area contributed by atoms with E-state index < -0.39 is 11.9 Å². The van der Waals surface area contributed by atoms with Gasteiger partial charge in [-0.1, -0.05) is 0 Å². The molecule has 2 N–H and O–H groups in total. The third kappa shape index (κ3) is 4.94. The normalized spacial score (nSPS) is 10.2. The molecule has 0 spiro atoms. The molecule has 0 aliphatic heterocycles.